The Hall–Kier alpha value is 1.77. The molecule has 0 fully saturated rings. The van der Waals surface area contributed by atoms with Gasteiger partial charge < -0.3 is 4.74 Å². The molecule has 0 aliphatic rings. The van der Waals surface area contributed by atoms with E-state index in [0.29, 0.717) is 0 Å². The average Bonchev–Trinajstić information content (AvgIpc) is 1.63. The summed E-state index contributed by atoms with van der Waals surface area (Å²) < 4.78 is 34.3. The first-order valence-electron chi connectivity index (χ1n) is 2.89. The Morgan fingerprint density at radius 3 is 1.18 bits per heavy atom. The molecule has 0 aliphatic heterocycles. The summed E-state index contributed by atoms with van der Waals surface area (Å²) in [4.78, 5) is 0. The molecular weight excluding hydrogens is 216 g/mol. The van der Waals surface area contributed by atoms with Crippen LogP contribution >= 0.6 is 0 Å². The van der Waals surface area contributed by atoms with Gasteiger partial charge in [-0.05, 0) is 13.8 Å². The molecule has 5 nitrogen and oxygen atoms in total. The molecule has 68 valence electrons. The summed E-state index contributed by atoms with van der Waals surface area (Å²) in [6, 6.07) is 0. The van der Waals surface area contributed by atoms with E-state index in [-0.39, 0.29) is 37.7 Å². The van der Waals surface area contributed by atoms with Gasteiger partial charge in [-0.3, -0.25) is 0 Å². The zero-order valence-electron chi connectivity index (χ0n) is 6.11. The third kappa shape index (κ3) is 79.0. The van der Waals surface area contributed by atoms with Gasteiger partial charge in [-0.1, -0.05) is 0 Å². The van der Waals surface area contributed by atoms with E-state index in [1.165, 1.54) is 0 Å². The topological polar surface area (TPSA) is 90.2 Å². The van der Waals surface area contributed by atoms with Gasteiger partial charge in [0.25, 0.3) is 0 Å². The van der Waals surface area contributed by atoms with Crippen LogP contribution in [0.15, 0.2) is 0 Å². The van der Waals surface area contributed by atoms with Gasteiger partial charge >= 0.3 is 70.6 Å². The number of hydrogen-bond donors (Lipinski definition) is 4. The van der Waals surface area contributed by atoms with Crippen molar-refractivity contribution in [2.45, 2.75) is 13.8 Å². The van der Waals surface area contributed by atoms with E-state index in [0.717, 1.165) is 13.2 Å². The van der Waals surface area contributed by atoms with Crippen molar-refractivity contribution in [3.8, 4) is 0 Å². The quantitative estimate of drug-likeness (QED) is 0.409. The van der Waals surface area contributed by atoms with E-state index in [9.17, 15) is 0 Å². The van der Waals surface area contributed by atoms with Crippen molar-refractivity contribution in [3.63, 3.8) is 0 Å². The summed E-state index contributed by atoms with van der Waals surface area (Å²) in [5.74, 6) is 0. The standard InChI is InChI=1S/C4H10O.Ca.4H2O.Ti.2H/c1-3-5-4-2;;;;;;;;/h3-4H2,1-2H3;;4*1H2;;;/q;;;;;;+4;;/p-4. The molecule has 0 aromatic heterocycles. The van der Waals surface area contributed by atoms with Crippen LogP contribution in [-0.4, -0.2) is 65.7 Å². The fraction of sp³-hybridized carbons (Fsp3) is 1.00. The Kier molecular flexibility index (Phi) is 19.8. The summed E-state index contributed by atoms with van der Waals surface area (Å²) in [7, 11) is 0. The van der Waals surface area contributed by atoms with Crippen LogP contribution < -0.4 is 0 Å². The van der Waals surface area contributed by atoms with Crippen molar-refractivity contribution in [2.24, 2.45) is 0 Å². The molecule has 7 heteroatoms. The second-order valence-corrected chi connectivity index (χ2v) is 3.26. The molecule has 0 bridgehead atoms. The van der Waals surface area contributed by atoms with Gasteiger partial charge in [0.05, 0.1) is 0 Å². The second-order valence-electron chi connectivity index (χ2n) is 1.38. The molecule has 0 heterocycles. The maximum atomic E-state index is 7.38. The van der Waals surface area contributed by atoms with Crippen molar-refractivity contribution in [1.29, 1.82) is 0 Å². The summed E-state index contributed by atoms with van der Waals surface area (Å²) >= 11 is -5.00. The van der Waals surface area contributed by atoms with Crippen LogP contribution in [-0.2, 0) is 22.9 Å². The Morgan fingerprint density at radius 1 is 1.00 bits per heavy atom. The fourth-order valence-corrected chi connectivity index (χ4v) is 0.204. The molecular formula is C4H16CaO5Ti. The van der Waals surface area contributed by atoms with Crippen LogP contribution in [0, 0.1) is 0 Å². The Morgan fingerprint density at radius 2 is 1.18 bits per heavy atom. The molecule has 0 rings (SSSR count). The van der Waals surface area contributed by atoms with Gasteiger partial charge in [-0.2, -0.15) is 0 Å². The maximum absolute atomic E-state index is 7.38. The van der Waals surface area contributed by atoms with Gasteiger partial charge in [0.1, 0.15) is 0 Å². The predicted octanol–water partition coefficient (Wildman–Crippen LogP) is -2.10. The molecule has 4 N–H and O–H groups in total. The SMILES string of the molecule is CCOCC.[CaH2].[OH][Ti]([OH])([OH])[OH]. The zero-order valence-corrected chi connectivity index (χ0v) is 7.67. The van der Waals surface area contributed by atoms with Gasteiger partial charge in [-0.15, -0.1) is 0 Å². The number of hydrogen-bond acceptors (Lipinski definition) is 5. The first-order chi connectivity index (χ1) is 4.41. The first kappa shape index (κ1) is 18.5. The van der Waals surface area contributed by atoms with Crippen LogP contribution in [0.4, 0.5) is 0 Å². The monoisotopic (exact) mass is 232 g/mol. The van der Waals surface area contributed by atoms with Crippen molar-refractivity contribution in [3.05, 3.63) is 0 Å². The molecule has 0 aromatic rings. The molecule has 0 aliphatic carbocycles. The van der Waals surface area contributed by atoms with Gasteiger partial charge in [0.15, 0.2) is 0 Å². The number of rotatable bonds is 2. The number of ether oxygens (including phenoxy) is 1. The Bertz CT molecular complexity index is 58.0. The van der Waals surface area contributed by atoms with Crippen molar-refractivity contribution >= 4 is 37.7 Å². The fourth-order valence-electron chi connectivity index (χ4n) is 0.204. The van der Waals surface area contributed by atoms with Crippen molar-refractivity contribution < 1.29 is 37.6 Å². The molecule has 0 spiro atoms. The van der Waals surface area contributed by atoms with E-state index in [1.807, 2.05) is 13.8 Å². The van der Waals surface area contributed by atoms with Crippen molar-refractivity contribution in [1.82, 2.24) is 0 Å². The predicted molar refractivity (Wildman–Crippen MR) is 39.6 cm³/mol. The molecule has 0 atom stereocenters. The van der Waals surface area contributed by atoms with Gasteiger partial charge in [-0.25, -0.2) is 0 Å². The van der Waals surface area contributed by atoms with Crippen LogP contribution in [0.1, 0.15) is 13.8 Å². The second kappa shape index (κ2) is 11.8. The zero-order chi connectivity index (χ0) is 8.62. The molecule has 0 unspecified atom stereocenters. The van der Waals surface area contributed by atoms with Crippen molar-refractivity contribution in [2.75, 3.05) is 13.2 Å². The molecule has 11 heavy (non-hydrogen) atoms. The average molecular weight is 232 g/mol. The third-order valence-electron chi connectivity index (χ3n) is 0.408. The Balaban J connectivity index is -0.000000107. The minimum absolute atomic E-state index is 0. The van der Waals surface area contributed by atoms with Crippen LogP contribution in [0.5, 0.6) is 0 Å². The normalized spacial score (nSPS) is 9.27. The van der Waals surface area contributed by atoms with Gasteiger partial charge in [0, 0.05) is 13.2 Å². The van der Waals surface area contributed by atoms with E-state index in [4.69, 9.17) is 19.5 Å². The summed E-state index contributed by atoms with van der Waals surface area (Å²) in [5, 5.41) is 0. The summed E-state index contributed by atoms with van der Waals surface area (Å²) in [6.07, 6.45) is 0. The first-order valence-corrected chi connectivity index (χ1v) is 5.68. The molecule has 0 amide bonds. The summed E-state index contributed by atoms with van der Waals surface area (Å²) in [5.41, 5.74) is 0. The third-order valence-corrected chi connectivity index (χ3v) is 0.408. The molecule has 0 saturated carbocycles. The summed E-state index contributed by atoms with van der Waals surface area (Å²) in [6.45, 7) is 5.67. The Labute approximate surface area is 101 Å². The van der Waals surface area contributed by atoms with Crippen LogP contribution in [0.2, 0.25) is 0 Å². The molecule has 0 radical (unpaired) electrons. The van der Waals surface area contributed by atoms with Gasteiger partial charge in [0.2, 0.25) is 0 Å². The van der Waals surface area contributed by atoms with E-state index < -0.39 is 18.1 Å². The van der Waals surface area contributed by atoms with E-state index in [2.05, 4.69) is 0 Å². The minimum atomic E-state index is -5.00. The molecule has 0 saturated heterocycles. The van der Waals surface area contributed by atoms with E-state index in [1.54, 1.807) is 0 Å². The van der Waals surface area contributed by atoms with Crippen LogP contribution in [0.3, 0.4) is 0 Å². The van der Waals surface area contributed by atoms with E-state index >= 15 is 0 Å². The van der Waals surface area contributed by atoms with Crippen LogP contribution in [0.25, 0.3) is 0 Å². The molecule has 0 aromatic carbocycles.